The molecule has 1 rings (SSSR count). The van der Waals surface area contributed by atoms with E-state index in [9.17, 15) is 10.1 Å². The van der Waals surface area contributed by atoms with Crippen LogP contribution in [-0.4, -0.2) is 13.2 Å². The molecule has 0 unspecified atom stereocenters. The Kier molecular flexibility index (Phi) is 4.07. The lowest BCUT2D eigenvalue weighted by molar-refractivity contribution is -0.385. The van der Waals surface area contributed by atoms with Crippen LogP contribution in [0.15, 0.2) is 18.2 Å². The second-order valence-electron chi connectivity index (χ2n) is 5.71. The van der Waals surface area contributed by atoms with Gasteiger partial charge < -0.3 is 4.43 Å². The maximum atomic E-state index is 11.0. The smallest absolute Gasteiger partial charge is 0.311 e. The van der Waals surface area contributed by atoms with Crippen LogP contribution in [-0.2, 0) is 0 Å². The molecule has 0 radical (unpaired) electrons. The summed E-state index contributed by atoms with van der Waals surface area (Å²) in [7, 11) is -2.14. The van der Waals surface area contributed by atoms with E-state index < -0.39 is 13.2 Å². The summed E-state index contributed by atoms with van der Waals surface area (Å²) < 4.78 is 5.95. The number of nitrogens with zero attached hydrogens (tertiary/aromatic N) is 1. The van der Waals surface area contributed by atoms with Gasteiger partial charge in [0.2, 0.25) is 5.75 Å². The zero-order chi connectivity index (χ0) is 14.1. The molecular formula is C12H18ClNO3Si. The molecule has 18 heavy (non-hydrogen) atoms. The molecule has 0 heterocycles. The summed E-state index contributed by atoms with van der Waals surface area (Å²) in [5.74, 6) is 0.191. The molecule has 6 heteroatoms. The fraction of sp³-hybridized carbons (Fsp3) is 0.500. The summed E-state index contributed by atoms with van der Waals surface area (Å²) >= 11 is 6.02. The Morgan fingerprint density at radius 3 is 2.33 bits per heavy atom. The molecule has 1 aromatic carbocycles. The van der Waals surface area contributed by atoms with Gasteiger partial charge in [0.1, 0.15) is 0 Å². The van der Waals surface area contributed by atoms with E-state index in [0.717, 1.165) is 0 Å². The highest BCUT2D eigenvalue weighted by molar-refractivity contribution is 6.74. The van der Waals surface area contributed by atoms with Gasteiger partial charge in [0.25, 0.3) is 8.32 Å². The number of rotatable bonds is 3. The van der Waals surface area contributed by atoms with E-state index in [1.165, 1.54) is 6.07 Å². The molecule has 0 spiro atoms. The Hall–Kier alpha value is -1.07. The summed E-state index contributed by atoms with van der Waals surface area (Å²) in [5.41, 5.74) is -0.0766. The molecule has 0 aliphatic heterocycles. The van der Waals surface area contributed by atoms with Crippen molar-refractivity contribution in [1.29, 1.82) is 0 Å². The van der Waals surface area contributed by atoms with Crippen molar-refractivity contribution >= 4 is 25.6 Å². The van der Waals surface area contributed by atoms with Crippen LogP contribution in [0.3, 0.4) is 0 Å². The number of nitro benzene ring substituents is 1. The molecule has 0 amide bonds. The van der Waals surface area contributed by atoms with Gasteiger partial charge in [-0.3, -0.25) is 10.1 Å². The van der Waals surface area contributed by atoms with Crippen LogP contribution in [0, 0.1) is 10.1 Å². The van der Waals surface area contributed by atoms with Crippen molar-refractivity contribution in [3.05, 3.63) is 33.3 Å². The molecule has 0 bridgehead atoms. The molecule has 100 valence electrons. The first-order valence-electron chi connectivity index (χ1n) is 5.68. The predicted molar refractivity (Wildman–Crippen MR) is 75.9 cm³/mol. The van der Waals surface area contributed by atoms with E-state index in [1.807, 2.05) is 13.1 Å². The van der Waals surface area contributed by atoms with Crippen LogP contribution in [0.4, 0.5) is 5.69 Å². The normalized spacial score (nSPS) is 12.3. The summed E-state index contributed by atoms with van der Waals surface area (Å²) in [6.07, 6.45) is 0. The largest absolute Gasteiger partial charge is 0.538 e. The summed E-state index contributed by atoms with van der Waals surface area (Å²) in [6, 6.07) is 4.57. The topological polar surface area (TPSA) is 52.4 Å². The van der Waals surface area contributed by atoms with Crippen molar-refractivity contribution < 1.29 is 9.35 Å². The molecular weight excluding hydrogens is 270 g/mol. The van der Waals surface area contributed by atoms with E-state index in [4.69, 9.17) is 16.0 Å². The fourth-order valence-electron chi connectivity index (χ4n) is 1.15. The van der Waals surface area contributed by atoms with Gasteiger partial charge in [-0.1, -0.05) is 38.4 Å². The maximum absolute atomic E-state index is 11.0. The number of benzene rings is 1. The maximum Gasteiger partial charge on any atom is 0.311 e. The fourth-order valence-corrected chi connectivity index (χ4v) is 2.45. The van der Waals surface area contributed by atoms with E-state index in [-0.39, 0.29) is 21.5 Å². The predicted octanol–water partition coefficient (Wildman–Crippen LogP) is 4.63. The van der Waals surface area contributed by atoms with Gasteiger partial charge in [0.05, 0.1) is 9.95 Å². The molecule has 0 N–H and O–H groups in total. The molecule has 0 saturated heterocycles. The number of nitro groups is 1. The molecule has 0 saturated carbocycles. The van der Waals surface area contributed by atoms with E-state index in [1.54, 1.807) is 12.1 Å². The Morgan fingerprint density at radius 1 is 1.33 bits per heavy atom. The molecule has 1 aromatic rings. The molecule has 0 aromatic heterocycles. The first kappa shape index (κ1) is 15.0. The average Bonchev–Trinajstić information content (AvgIpc) is 2.18. The Morgan fingerprint density at radius 2 is 1.89 bits per heavy atom. The highest BCUT2D eigenvalue weighted by atomic mass is 35.5. The van der Waals surface area contributed by atoms with Gasteiger partial charge in [-0.25, -0.2) is 0 Å². The first-order valence-corrected chi connectivity index (χ1v) is 8.97. The van der Waals surface area contributed by atoms with Crippen LogP contribution >= 0.6 is 11.6 Å². The van der Waals surface area contributed by atoms with Crippen molar-refractivity contribution in [2.75, 3.05) is 0 Å². The second kappa shape index (κ2) is 4.89. The quantitative estimate of drug-likeness (QED) is 0.462. The summed E-state index contributed by atoms with van der Waals surface area (Å²) in [5, 5.41) is 11.2. The SMILES string of the molecule is CC(C)(C)[Si](C)(C)Oc1c(Cl)cccc1[N+](=O)[O-]. The zero-order valence-electron chi connectivity index (χ0n) is 11.3. The standard InChI is InChI=1S/C12H18ClNO3Si/c1-12(2,3)18(4,5)17-11-9(13)7-6-8-10(11)14(15)16/h6-8H,1-5H3. The molecule has 0 atom stereocenters. The number of halogens is 1. The number of hydrogen-bond acceptors (Lipinski definition) is 3. The summed E-state index contributed by atoms with van der Waals surface area (Å²) in [6.45, 7) is 10.3. The monoisotopic (exact) mass is 287 g/mol. The van der Waals surface area contributed by atoms with Crippen LogP contribution in [0.5, 0.6) is 5.75 Å². The minimum absolute atomic E-state index is 0.0416. The lowest BCUT2D eigenvalue weighted by Gasteiger charge is -2.36. The first-order chi connectivity index (χ1) is 8.06. The Labute approximate surface area is 113 Å². The van der Waals surface area contributed by atoms with E-state index >= 15 is 0 Å². The number of hydrogen-bond donors (Lipinski definition) is 0. The van der Waals surface area contributed by atoms with E-state index in [0.29, 0.717) is 0 Å². The van der Waals surface area contributed by atoms with Crippen molar-refractivity contribution in [3.63, 3.8) is 0 Å². The Balaban J connectivity index is 3.23. The lowest BCUT2D eigenvalue weighted by atomic mass is 10.2. The molecule has 0 aliphatic rings. The van der Waals surface area contributed by atoms with Gasteiger partial charge in [-0.05, 0) is 24.2 Å². The van der Waals surface area contributed by atoms with Crippen molar-refractivity contribution in [1.82, 2.24) is 0 Å². The van der Waals surface area contributed by atoms with Crippen LogP contribution in [0.1, 0.15) is 20.8 Å². The third kappa shape index (κ3) is 3.03. The second-order valence-corrected chi connectivity index (χ2v) is 10.8. The minimum atomic E-state index is -2.14. The van der Waals surface area contributed by atoms with Crippen LogP contribution in [0.2, 0.25) is 23.2 Å². The third-order valence-electron chi connectivity index (χ3n) is 3.31. The van der Waals surface area contributed by atoms with Gasteiger partial charge >= 0.3 is 5.69 Å². The number of para-hydroxylation sites is 1. The van der Waals surface area contributed by atoms with Crippen LogP contribution in [0.25, 0.3) is 0 Å². The highest BCUT2D eigenvalue weighted by Gasteiger charge is 2.40. The van der Waals surface area contributed by atoms with Crippen molar-refractivity contribution in [2.24, 2.45) is 0 Å². The van der Waals surface area contributed by atoms with Gasteiger partial charge in [0, 0.05) is 6.07 Å². The van der Waals surface area contributed by atoms with Crippen molar-refractivity contribution in [2.45, 2.75) is 38.9 Å². The highest BCUT2D eigenvalue weighted by Crippen LogP contribution is 2.42. The summed E-state index contributed by atoms with van der Waals surface area (Å²) in [4.78, 5) is 10.5. The average molecular weight is 288 g/mol. The molecule has 0 fully saturated rings. The van der Waals surface area contributed by atoms with Crippen LogP contribution < -0.4 is 4.43 Å². The van der Waals surface area contributed by atoms with E-state index in [2.05, 4.69) is 20.8 Å². The van der Waals surface area contributed by atoms with Gasteiger partial charge in [-0.15, -0.1) is 0 Å². The minimum Gasteiger partial charge on any atom is -0.538 e. The third-order valence-corrected chi connectivity index (χ3v) is 7.93. The Bertz CT molecular complexity index is 469. The van der Waals surface area contributed by atoms with Crippen molar-refractivity contribution in [3.8, 4) is 5.75 Å². The van der Waals surface area contributed by atoms with Gasteiger partial charge in [-0.2, -0.15) is 0 Å². The zero-order valence-corrected chi connectivity index (χ0v) is 13.0. The van der Waals surface area contributed by atoms with Gasteiger partial charge in [0.15, 0.2) is 0 Å². The lowest BCUT2D eigenvalue weighted by Crippen LogP contribution is -2.44. The molecule has 4 nitrogen and oxygen atoms in total. The molecule has 0 aliphatic carbocycles.